The number of aryl methyl sites for hydroxylation is 1. The second kappa shape index (κ2) is 6.00. The van der Waals surface area contributed by atoms with Gasteiger partial charge in [-0.2, -0.15) is 0 Å². The van der Waals surface area contributed by atoms with Crippen LogP contribution in [0.25, 0.3) is 0 Å². The van der Waals surface area contributed by atoms with E-state index in [2.05, 4.69) is 26.1 Å². The molecule has 1 N–H and O–H groups in total. The Bertz CT molecular complexity index is 484. The van der Waals surface area contributed by atoms with Gasteiger partial charge in [0, 0.05) is 12.1 Å². The lowest BCUT2D eigenvalue weighted by Crippen LogP contribution is -2.32. The summed E-state index contributed by atoms with van der Waals surface area (Å²) >= 11 is 0. The zero-order valence-electron chi connectivity index (χ0n) is 12.5. The molecule has 19 heavy (non-hydrogen) atoms. The van der Waals surface area contributed by atoms with Crippen molar-refractivity contribution in [2.45, 2.75) is 46.5 Å². The molecular weight excluding hydrogens is 238 g/mol. The zero-order valence-corrected chi connectivity index (χ0v) is 12.5. The maximum absolute atomic E-state index is 12.1. The first-order valence-corrected chi connectivity index (χ1v) is 6.71. The highest BCUT2D eigenvalue weighted by Crippen LogP contribution is 2.24. The minimum Gasteiger partial charge on any atom is -0.349 e. The first kappa shape index (κ1) is 15.4. The van der Waals surface area contributed by atoms with Crippen LogP contribution in [0.5, 0.6) is 0 Å². The summed E-state index contributed by atoms with van der Waals surface area (Å²) in [5.41, 5.74) is 2.36. The van der Waals surface area contributed by atoms with Gasteiger partial charge in [-0.15, -0.1) is 0 Å². The second-order valence-corrected chi connectivity index (χ2v) is 5.86. The first-order valence-electron chi connectivity index (χ1n) is 6.71. The Labute approximate surface area is 115 Å². The van der Waals surface area contributed by atoms with E-state index in [4.69, 9.17) is 0 Å². The van der Waals surface area contributed by atoms with Crippen LogP contribution in [0.2, 0.25) is 0 Å². The van der Waals surface area contributed by atoms with E-state index in [1.807, 2.05) is 32.0 Å². The third-order valence-electron chi connectivity index (χ3n) is 3.09. The molecule has 3 heteroatoms. The van der Waals surface area contributed by atoms with E-state index >= 15 is 0 Å². The topological polar surface area (TPSA) is 46.2 Å². The van der Waals surface area contributed by atoms with Crippen molar-refractivity contribution in [3.05, 3.63) is 34.9 Å². The van der Waals surface area contributed by atoms with Crippen LogP contribution in [-0.4, -0.2) is 18.2 Å². The molecule has 0 bridgehead atoms. The minimum atomic E-state index is -0.518. The van der Waals surface area contributed by atoms with Crippen LogP contribution in [-0.2, 0) is 10.2 Å². The van der Waals surface area contributed by atoms with Crippen molar-refractivity contribution in [2.24, 2.45) is 0 Å². The standard InChI is InChI=1S/C16H23NO2/c1-6-9-17-15(19)14(18)13-10-12(16(3,4)5)8-7-11(13)2/h7-8,10H,6,9H2,1-5H3,(H,17,19). The van der Waals surface area contributed by atoms with Crippen LogP contribution in [0.3, 0.4) is 0 Å². The molecule has 0 heterocycles. The van der Waals surface area contributed by atoms with Gasteiger partial charge in [0.15, 0.2) is 0 Å². The summed E-state index contributed by atoms with van der Waals surface area (Å²) in [5, 5.41) is 2.63. The second-order valence-electron chi connectivity index (χ2n) is 5.86. The summed E-state index contributed by atoms with van der Waals surface area (Å²) < 4.78 is 0. The Morgan fingerprint density at radius 3 is 2.37 bits per heavy atom. The number of carbonyl (C=O) groups is 2. The number of rotatable bonds is 4. The third-order valence-corrected chi connectivity index (χ3v) is 3.09. The molecule has 0 unspecified atom stereocenters. The van der Waals surface area contributed by atoms with Gasteiger partial charge in [-0.3, -0.25) is 9.59 Å². The summed E-state index contributed by atoms with van der Waals surface area (Å²) in [5.74, 6) is -0.965. The maximum Gasteiger partial charge on any atom is 0.292 e. The molecule has 0 radical (unpaired) electrons. The molecule has 0 aliphatic carbocycles. The molecule has 1 amide bonds. The third kappa shape index (κ3) is 3.91. The average Bonchev–Trinajstić information content (AvgIpc) is 2.34. The van der Waals surface area contributed by atoms with Gasteiger partial charge in [0.1, 0.15) is 0 Å². The lowest BCUT2D eigenvalue weighted by molar-refractivity contribution is -0.117. The zero-order chi connectivity index (χ0) is 14.6. The van der Waals surface area contributed by atoms with Crippen molar-refractivity contribution in [1.29, 1.82) is 0 Å². The lowest BCUT2D eigenvalue weighted by Gasteiger charge is -2.20. The van der Waals surface area contributed by atoms with E-state index < -0.39 is 11.7 Å². The van der Waals surface area contributed by atoms with Gasteiger partial charge < -0.3 is 5.32 Å². The van der Waals surface area contributed by atoms with E-state index in [0.717, 1.165) is 17.5 Å². The molecule has 0 aromatic heterocycles. The molecule has 0 fully saturated rings. The normalized spacial score (nSPS) is 11.2. The monoisotopic (exact) mass is 261 g/mol. The Balaban J connectivity index is 3.06. The summed E-state index contributed by atoms with van der Waals surface area (Å²) in [4.78, 5) is 23.9. The van der Waals surface area contributed by atoms with Crippen molar-refractivity contribution in [2.75, 3.05) is 6.54 Å². The SMILES string of the molecule is CCCNC(=O)C(=O)c1cc(C(C)(C)C)ccc1C. The number of hydrogen-bond donors (Lipinski definition) is 1. The molecule has 0 spiro atoms. The van der Waals surface area contributed by atoms with Gasteiger partial charge >= 0.3 is 0 Å². The molecule has 0 aliphatic rings. The van der Waals surface area contributed by atoms with Crippen LogP contribution in [0.15, 0.2) is 18.2 Å². The fraction of sp³-hybridized carbons (Fsp3) is 0.500. The van der Waals surface area contributed by atoms with Crippen LogP contribution >= 0.6 is 0 Å². The minimum absolute atomic E-state index is 0.0391. The fourth-order valence-electron chi connectivity index (χ4n) is 1.77. The van der Waals surface area contributed by atoms with Gasteiger partial charge in [0.25, 0.3) is 5.91 Å². The average molecular weight is 261 g/mol. The number of Topliss-reactive ketones (excluding diaryl/α,β-unsaturated/α-hetero) is 1. The largest absolute Gasteiger partial charge is 0.349 e. The van der Waals surface area contributed by atoms with E-state index in [9.17, 15) is 9.59 Å². The number of nitrogens with one attached hydrogen (secondary N) is 1. The smallest absolute Gasteiger partial charge is 0.292 e. The van der Waals surface area contributed by atoms with Crippen LogP contribution in [0.4, 0.5) is 0 Å². The molecule has 104 valence electrons. The molecule has 3 nitrogen and oxygen atoms in total. The van der Waals surface area contributed by atoms with Crippen LogP contribution < -0.4 is 5.32 Å². The predicted molar refractivity (Wildman–Crippen MR) is 77.5 cm³/mol. The highest BCUT2D eigenvalue weighted by Gasteiger charge is 2.21. The first-order chi connectivity index (χ1) is 8.77. The molecule has 1 aromatic rings. The highest BCUT2D eigenvalue weighted by molar-refractivity contribution is 6.43. The van der Waals surface area contributed by atoms with Crippen molar-refractivity contribution in [1.82, 2.24) is 5.32 Å². The van der Waals surface area contributed by atoms with E-state index in [1.54, 1.807) is 0 Å². The Kier molecular flexibility index (Phi) is 4.87. The number of carbonyl (C=O) groups excluding carboxylic acids is 2. The van der Waals surface area contributed by atoms with Crippen molar-refractivity contribution in [3.8, 4) is 0 Å². The van der Waals surface area contributed by atoms with Gasteiger partial charge in [-0.1, -0.05) is 39.8 Å². The number of amides is 1. The van der Waals surface area contributed by atoms with Crippen molar-refractivity contribution < 1.29 is 9.59 Å². The molecular formula is C16H23NO2. The Morgan fingerprint density at radius 2 is 1.84 bits per heavy atom. The fourth-order valence-corrected chi connectivity index (χ4v) is 1.77. The summed E-state index contributed by atoms with van der Waals surface area (Å²) in [6.45, 7) is 10.6. The van der Waals surface area contributed by atoms with E-state index in [1.165, 1.54) is 0 Å². The molecule has 0 atom stereocenters. The van der Waals surface area contributed by atoms with Crippen molar-refractivity contribution in [3.63, 3.8) is 0 Å². The molecule has 1 aromatic carbocycles. The van der Waals surface area contributed by atoms with Crippen LogP contribution in [0.1, 0.15) is 55.6 Å². The van der Waals surface area contributed by atoms with Gasteiger partial charge in [-0.05, 0) is 36.0 Å². The number of hydrogen-bond acceptors (Lipinski definition) is 2. The quantitative estimate of drug-likeness (QED) is 0.669. The van der Waals surface area contributed by atoms with Crippen molar-refractivity contribution >= 4 is 11.7 Å². The Hall–Kier alpha value is -1.64. The molecule has 0 saturated carbocycles. The van der Waals surface area contributed by atoms with E-state index in [0.29, 0.717) is 12.1 Å². The van der Waals surface area contributed by atoms with E-state index in [-0.39, 0.29) is 5.41 Å². The Morgan fingerprint density at radius 1 is 1.21 bits per heavy atom. The summed E-state index contributed by atoms with van der Waals surface area (Å²) in [6.07, 6.45) is 0.819. The summed E-state index contributed by atoms with van der Waals surface area (Å²) in [6, 6.07) is 5.75. The number of benzene rings is 1. The van der Waals surface area contributed by atoms with Gasteiger partial charge in [-0.25, -0.2) is 0 Å². The maximum atomic E-state index is 12.1. The summed E-state index contributed by atoms with van der Waals surface area (Å²) in [7, 11) is 0. The lowest BCUT2D eigenvalue weighted by atomic mass is 9.84. The molecule has 1 rings (SSSR count). The molecule has 0 saturated heterocycles. The van der Waals surface area contributed by atoms with Gasteiger partial charge in [0.2, 0.25) is 5.78 Å². The predicted octanol–water partition coefficient (Wildman–Crippen LogP) is 3.00. The highest BCUT2D eigenvalue weighted by atomic mass is 16.2. The number of ketones is 1. The van der Waals surface area contributed by atoms with Crippen LogP contribution in [0, 0.1) is 6.92 Å². The van der Waals surface area contributed by atoms with Gasteiger partial charge in [0.05, 0.1) is 0 Å². The molecule has 0 aliphatic heterocycles.